The van der Waals surface area contributed by atoms with Crippen molar-refractivity contribution in [2.24, 2.45) is 23.5 Å². The van der Waals surface area contributed by atoms with Crippen molar-refractivity contribution in [3.05, 3.63) is 0 Å². The maximum absolute atomic E-state index is 6.20. The molecule has 0 aliphatic heterocycles. The van der Waals surface area contributed by atoms with Crippen LogP contribution in [0.1, 0.15) is 60.3 Å². The molecule has 1 fully saturated rings. The molecule has 0 bridgehead atoms. The standard InChI is InChI=1S/C16H34N2/c1-6-15-7-8-16(9-15,12-17)18(10-13(2)3)11-14(4)5/h13-15H,6-12,17H2,1-5H3. The van der Waals surface area contributed by atoms with E-state index < -0.39 is 0 Å². The van der Waals surface area contributed by atoms with E-state index in [0.29, 0.717) is 5.54 Å². The summed E-state index contributed by atoms with van der Waals surface area (Å²) in [5.74, 6) is 2.36. The number of nitrogens with two attached hydrogens (primary N) is 1. The molecule has 0 spiro atoms. The van der Waals surface area contributed by atoms with Crippen molar-refractivity contribution in [2.45, 2.75) is 65.8 Å². The third-order valence-electron chi connectivity index (χ3n) is 4.49. The molecule has 1 saturated carbocycles. The lowest BCUT2D eigenvalue weighted by Gasteiger charge is -2.43. The summed E-state index contributed by atoms with van der Waals surface area (Å²) in [7, 11) is 0. The topological polar surface area (TPSA) is 29.3 Å². The molecule has 0 aromatic heterocycles. The largest absolute Gasteiger partial charge is 0.329 e. The number of hydrogen-bond donors (Lipinski definition) is 1. The first kappa shape index (κ1) is 16.0. The van der Waals surface area contributed by atoms with E-state index in [1.165, 1.54) is 38.8 Å². The molecule has 1 aliphatic carbocycles. The van der Waals surface area contributed by atoms with Crippen LogP contribution in [-0.4, -0.2) is 30.1 Å². The third-order valence-corrected chi connectivity index (χ3v) is 4.49. The van der Waals surface area contributed by atoms with Crippen molar-refractivity contribution in [1.82, 2.24) is 4.90 Å². The molecule has 1 rings (SSSR count). The molecule has 0 radical (unpaired) electrons. The van der Waals surface area contributed by atoms with Crippen LogP contribution in [-0.2, 0) is 0 Å². The fourth-order valence-electron chi connectivity index (χ4n) is 3.51. The van der Waals surface area contributed by atoms with Gasteiger partial charge in [0, 0.05) is 25.2 Å². The van der Waals surface area contributed by atoms with Gasteiger partial charge in [-0.2, -0.15) is 0 Å². The zero-order valence-electron chi connectivity index (χ0n) is 13.2. The zero-order chi connectivity index (χ0) is 13.8. The predicted octanol–water partition coefficient (Wildman–Crippen LogP) is 3.51. The first-order valence-corrected chi connectivity index (χ1v) is 7.88. The molecule has 2 heteroatoms. The van der Waals surface area contributed by atoms with Crippen molar-refractivity contribution >= 4 is 0 Å². The summed E-state index contributed by atoms with van der Waals surface area (Å²) >= 11 is 0. The molecule has 2 N–H and O–H groups in total. The Kier molecular flexibility index (Phi) is 6.13. The summed E-state index contributed by atoms with van der Waals surface area (Å²) in [6, 6.07) is 0. The van der Waals surface area contributed by atoms with Crippen LogP contribution in [0.5, 0.6) is 0 Å². The van der Waals surface area contributed by atoms with Gasteiger partial charge in [0.15, 0.2) is 0 Å². The smallest absolute Gasteiger partial charge is 0.0334 e. The van der Waals surface area contributed by atoms with Crippen molar-refractivity contribution in [3.8, 4) is 0 Å². The molecule has 108 valence electrons. The van der Waals surface area contributed by atoms with Crippen molar-refractivity contribution in [1.29, 1.82) is 0 Å². The Balaban J connectivity index is 2.79. The van der Waals surface area contributed by atoms with Gasteiger partial charge in [-0.15, -0.1) is 0 Å². The predicted molar refractivity (Wildman–Crippen MR) is 80.7 cm³/mol. The fourth-order valence-corrected chi connectivity index (χ4v) is 3.51. The van der Waals surface area contributed by atoms with Crippen LogP contribution in [0.3, 0.4) is 0 Å². The van der Waals surface area contributed by atoms with Gasteiger partial charge >= 0.3 is 0 Å². The van der Waals surface area contributed by atoms with Gasteiger partial charge in [-0.05, 0) is 37.0 Å². The van der Waals surface area contributed by atoms with Gasteiger partial charge < -0.3 is 5.73 Å². The third kappa shape index (κ3) is 3.96. The molecule has 0 amide bonds. The van der Waals surface area contributed by atoms with Crippen LogP contribution in [0.4, 0.5) is 0 Å². The maximum atomic E-state index is 6.20. The summed E-state index contributed by atoms with van der Waals surface area (Å²) in [6.45, 7) is 14.9. The van der Waals surface area contributed by atoms with Crippen LogP contribution < -0.4 is 5.73 Å². The molecule has 2 atom stereocenters. The van der Waals surface area contributed by atoms with E-state index in [9.17, 15) is 0 Å². The Labute approximate surface area is 114 Å². The highest BCUT2D eigenvalue weighted by atomic mass is 15.2. The molecular weight excluding hydrogens is 220 g/mol. The minimum atomic E-state index is 0.301. The lowest BCUT2D eigenvalue weighted by molar-refractivity contribution is 0.0689. The molecule has 1 aliphatic rings. The summed E-state index contributed by atoms with van der Waals surface area (Å²) in [5, 5.41) is 0. The van der Waals surface area contributed by atoms with Gasteiger partial charge in [0.05, 0.1) is 0 Å². The fraction of sp³-hybridized carbons (Fsp3) is 1.00. The lowest BCUT2D eigenvalue weighted by atomic mass is 9.90. The van der Waals surface area contributed by atoms with Gasteiger partial charge in [-0.25, -0.2) is 0 Å². The zero-order valence-corrected chi connectivity index (χ0v) is 13.2. The monoisotopic (exact) mass is 254 g/mol. The number of hydrogen-bond acceptors (Lipinski definition) is 2. The van der Waals surface area contributed by atoms with Gasteiger partial charge in [-0.1, -0.05) is 41.0 Å². The number of rotatable bonds is 7. The van der Waals surface area contributed by atoms with E-state index >= 15 is 0 Å². The summed E-state index contributed by atoms with van der Waals surface area (Å²) in [6.07, 6.45) is 5.32. The highest BCUT2D eigenvalue weighted by Gasteiger charge is 2.42. The van der Waals surface area contributed by atoms with Crippen molar-refractivity contribution < 1.29 is 0 Å². The van der Waals surface area contributed by atoms with Crippen molar-refractivity contribution in [3.63, 3.8) is 0 Å². The maximum Gasteiger partial charge on any atom is 0.0334 e. The Bertz CT molecular complexity index is 227. The second-order valence-corrected chi connectivity index (χ2v) is 7.14. The van der Waals surface area contributed by atoms with Gasteiger partial charge in [0.2, 0.25) is 0 Å². The van der Waals surface area contributed by atoms with Gasteiger partial charge in [-0.3, -0.25) is 4.90 Å². The van der Waals surface area contributed by atoms with Crippen LogP contribution in [0.15, 0.2) is 0 Å². The minimum Gasteiger partial charge on any atom is -0.329 e. The van der Waals surface area contributed by atoms with Gasteiger partial charge in [0.1, 0.15) is 0 Å². The van der Waals surface area contributed by atoms with Crippen LogP contribution in [0, 0.1) is 17.8 Å². The van der Waals surface area contributed by atoms with E-state index in [1.807, 2.05) is 0 Å². The molecule has 0 saturated heterocycles. The second-order valence-electron chi connectivity index (χ2n) is 7.14. The van der Waals surface area contributed by atoms with E-state index in [4.69, 9.17) is 5.73 Å². The summed E-state index contributed by atoms with van der Waals surface area (Å²) in [4.78, 5) is 2.72. The van der Waals surface area contributed by atoms with E-state index in [0.717, 1.165) is 24.3 Å². The molecule has 2 nitrogen and oxygen atoms in total. The first-order valence-electron chi connectivity index (χ1n) is 7.88. The quantitative estimate of drug-likeness (QED) is 0.753. The summed E-state index contributed by atoms with van der Waals surface area (Å²) in [5.41, 5.74) is 6.50. The van der Waals surface area contributed by atoms with E-state index in [2.05, 4.69) is 39.5 Å². The Morgan fingerprint density at radius 1 is 1.17 bits per heavy atom. The van der Waals surface area contributed by atoms with Crippen LogP contribution in [0.25, 0.3) is 0 Å². The first-order chi connectivity index (χ1) is 8.43. The molecule has 0 heterocycles. The molecule has 0 aromatic carbocycles. The lowest BCUT2D eigenvalue weighted by Crippen LogP contribution is -2.54. The normalized spacial score (nSPS) is 28.8. The molecule has 0 aromatic rings. The Hall–Kier alpha value is -0.0800. The number of nitrogens with zero attached hydrogens (tertiary/aromatic N) is 1. The van der Waals surface area contributed by atoms with Crippen LogP contribution >= 0.6 is 0 Å². The van der Waals surface area contributed by atoms with E-state index in [1.54, 1.807) is 0 Å². The molecule has 2 unspecified atom stereocenters. The highest BCUT2D eigenvalue weighted by Crippen LogP contribution is 2.40. The highest BCUT2D eigenvalue weighted by molar-refractivity contribution is 4.99. The van der Waals surface area contributed by atoms with Crippen molar-refractivity contribution in [2.75, 3.05) is 19.6 Å². The Morgan fingerprint density at radius 3 is 2.06 bits per heavy atom. The summed E-state index contributed by atoms with van der Waals surface area (Å²) < 4.78 is 0. The SMILES string of the molecule is CCC1CCC(CN)(N(CC(C)C)CC(C)C)C1. The minimum absolute atomic E-state index is 0.301. The average Bonchev–Trinajstić information content (AvgIpc) is 2.71. The second kappa shape index (κ2) is 6.91. The van der Waals surface area contributed by atoms with Crippen LogP contribution in [0.2, 0.25) is 0 Å². The molecular formula is C16H34N2. The molecule has 18 heavy (non-hydrogen) atoms. The Morgan fingerprint density at radius 2 is 1.72 bits per heavy atom. The average molecular weight is 254 g/mol. The van der Waals surface area contributed by atoms with Gasteiger partial charge in [0.25, 0.3) is 0 Å². The van der Waals surface area contributed by atoms with E-state index in [-0.39, 0.29) is 0 Å².